The molecule has 2 rings (SSSR count). The smallest absolute Gasteiger partial charge is 0.254 e. The molecule has 22 heavy (non-hydrogen) atoms. The van der Waals surface area contributed by atoms with Crippen molar-refractivity contribution >= 4 is 11.9 Å². The molecule has 0 atom stereocenters. The van der Waals surface area contributed by atoms with E-state index in [1.54, 1.807) is 12.4 Å². The lowest BCUT2D eigenvalue weighted by Crippen LogP contribution is -2.25. The summed E-state index contributed by atoms with van der Waals surface area (Å²) >= 11 is 0. The lowest BCUT2D eigenvalue weighted by Gasteiger charge is -2.12. The molecule has 0 radical (unpaired) electrons. The summed E-state index contributed by atoms with van der Waals surface area (Å²) in [6.45, 7) is 3.68. The number of anilines is 1. The van der Waals surface area contributed by atoms with Crippen molar-refractivity contribution in [1.82, 2.24) is 15.3 Å². The van der Waals surface area contributed by atoms with Crippen LogP contribution in [0.15, 0.2) is 24.0 Å². The number of unbranched alkanes of at least 4 members (excludes halogenated alkanes) is 1. The Morgan fingerprint density at radius 2 is 2.05 bits per heavy atom. The van der Waals surface area contributed by atoms with Gasteiger partial charge in [0.1, 0.15) is 0 Å². The summed E-state index contributed by atoms with van der Waals surface area (Å²) in [7, 11) is 0. The largest absolute Gasteiger partial charge is 0.354 e. The van der Waals surface area contributed by atoms with Crippen LogP contribution in [0.5, 0.6) is 0 Å². The second-order valence-electron chi connectivity index (χ2n) is 5.69. The van der Waals surface area contributed by atoms with Crippen LogP contribution in [0.25, 0.3) is 0 Å². The zero-order valence-electron chi connectivity index (χ0n) is 13.4. The topological polar surface area (TPSA) is 66.9 Å². The Kier molecular flexibility index (Phi) is 6.87. The molecule has 0 aliphatic heterocycles. The summed E-state index contributed by atoms with van der Waals surface area (Å²) in [6, 6.07) is 0. The zero-order chi connectivity index (χ0) is 15.6. The fourth-order valence-corrected chi connectivity index (χ4v) is 2.48. The molecule has 1 aromatic heterocycles. The van der Waals surface area contributed by atoms with E-state index in [0.29, 0.717) is 18.1 Å². The SMILES string of the molecule is CCCCNc1ncc(C(=O)NCCC2=CCCCC2)cn1. The highest BCUT2D eigenvalue weighted by molar-refractivity contribution is 5.93. The molecule has 0 saturated carbocycles. The molecule has 1 aliphatic rings. The number of hydrogen-bond donors (Lipinski definition) is 2. The van der Waals surface area contributed by atoms with E-state index in [0.717, 1.165) is 25.8 Å². The quantitative estimate of drug-likeness (QED) is 0.571. The highest BCUT2D eigenvalue weighted by atomic mass is 16.1. The van der Waals surface area contributed by atoms with Crippen molar-refractivity contribution in [1.29, 1.82) is 0 Å². The third-order valence-electron chi connectivity index (χ3n) is 3.84. The Balaban J connectivity index is 1.73. The van der Waals surface area contributed by atoms with E-state index in [2.05, 4.69) is 33.6 Å². The second-order valence-corrected chi connectivity index (χ2v) is 5.69. The van der Waals surface area contributed by atoms with Crippen molar-refractivity contribution in [2.75, 3.05) is 18.4 Å². The van der Waals surface area contributed by atoms with Gasteiger partial charge in [0.25, 0.3) is 5.91 Å². The second kappa shape index (κ2) is 9.18. The number of aromatic nitrogens is 2. The maximum atomic E-state index is 12.0. The van der Waals surface area contributed by atoms with Gasteiger partial charge in [-0.05, 0) is 38.5 Å². The van der Waals surface area contributed by atoms with Crippen LogP contribution in [0.1, 0.15) is 62.2 Å². The number of nitrogens with zero attached hydrogens (tertiary/aromatic N) is 2. The molecule has 120 valence electrons. The van der Waals surface area contributed by atoms with Gasteiger partial charge in [0.05, 0.1) is 5.56 Å². The molecule has 1 aromatic rings. The molecule has 0 saturated heterocycles. The first-order chi connectivity index (χ1) is 10.8. The first-order valence-electron chi connectivity index (χ1n) is 8.31. The minimum atomic E-state index is -0.100. The van der Waals surface area contributed by atoms with Gasteiger partial charge in [-0.15, -0.1) is 0 Å². The molecule has 0 spiro atoms. The summed E-state index contributed by atoms with van der Waals surface area (Å²) < 4.78 is 0. The average molecular weight is 302 g/mol. The first-order valence-corrected chi connectivity index (χ1v) is 8.31. The summed E-state index contributed by atoms with van der Waals surface area (Å²) in [5.74, 6) is 0.480. The third-order valence-corrected chi connectivity index (χ3v) is 3.84. The van der Waals surface area contributed by atoms with Crippen LogP contribution in [-0.2, 0) is 0 Å². The maximum absolute atomic E-state index is 12.0. The van der Waals surface area contributed by atoms with Crippen molar-refractivity contribution in [2.24, 2.45) is 0 Å². The fraction of sp³-hybridized carbons (Fsp3) is 0.588. The molecule has 1 heterocycles. The lowest BCUT2D eigenvalue weighted by molar-refractivity contribution is 0.0953. The first kappa shape index (κ1) is 16.5. The van der Waals surface area contributed by atoms with Crippen molar-refractivity contribution < 1.29 is 4.79 Å². The molecule has 1 aliphatic carbocycles. The molecule has 0 aromatic carbocycles. The third kappa shape index (κ3) is 5.47. The Labute approximate surface area is 132 Å². The predicted molar refractivity (Wildman–Crippen MR) is 88.9 cm³/mol. The van der Waals surface area contributed by atoms with Crippen molar-refractivity contribution in [2.45, 2.75) is 51.9 Å². The van der Waals surface area contributed by atoms with Crippen LogP contribution in [0.4, 0.5) is 5.95 Å². The number of rotatable bonds is 8. The average Bonchev–Trinajstić information content (AvgIpc) is 2.56. The standard InChI is InChI=1S/C17H26N4O/c1-2-3-10-19-17-20-12-15(13-21-17)16(22)18-11-9-14-7-5-4-6-8-14/h7,12-13H,2-6,8-11H2,1H3,(H,18,22)(H,19,20,21). The van der Waals surface area contributed by atoms with Crippen LogP contribution >= 0.6 is 0 Å². The summed E-state index contributed by atoms with van der Waals surface area (Å²) in [4.78, 5) is 20.4. The van der Waals surface area contributed by atoms with Crippen molar-refractivity contribution in [3.8, 4) is 0 Å². The van der Waals surface area contributed by atoms with Crippen molar-refractivity contribution in [3.63, 3.8) is 0 Å². The molecule has 5 nitrogen and oxygen atoms in total. The molecular formula is C17H26N4O. The van der Waals surface area contributed by atoms with Crippen LogP contribution in [0.2, 0.25) is 0 Å². The van der Waals surface area contributed by atoms with Gasteiger partial charge < -0.3 is 10.6 Å². The zero-order valence-corrected chi connectivity index (χ0v) is 13.4. The minimum absolute atomic E-state index is 0.100. The van der Waals surface area contributed by atoms with E-state index in [9.17, 15) is 4.79 Å². The van der Waals surface area contributed by atoms with E-state index >= 15 is 0 Å². The molecule has 0 bridgehead atoms. The van der Waals surface area contributed by atoms with E-state index < -0.39 is 0 Å². The molecule has 2 N–H and O–H groups in total. The Bertz CT molecular complexity index is 496. The molecule has 0 unspecified atom stereocenters. The summed E-state index contributed by atoms with van der Waals surface area (Å²) in [6.07, 6.45) is 13.6. The normalized spacial score (nSPS) is 14.3. The van der Waals surface area contributed by atoms with Crippen LogP contribution in [0, 0.1) is 0 Å². The molecule has 0 fully saturated rings. The number of allylic oxidation sites excluding steroid dienone is 1. The van der Waals surface area contributed by atoms with E-state index in [1.807, 2.05) is 0 Å². The van der Waals surface area contributed by atoms with Gasteiger partial charge in [0.15, 0.2) is 0 Å². The van der Waals surface area contributed by atoms with Gasteiger partial charge in [-0.2, -0.15) is 0 Å². The number of amides is 1. The van der Waals surface area contributed by atoms with Crippen molar-refractivity contribution in [3.05, 3.63) is 29.6 Å². The van der Waals surface area contributed by atoms with Gasteiger partial charge in [-0.25, -0.2) is 9.97 Å². The van der Waals surface area contributed by atoms with Gasteiger partial charge in [-0.1, -0.05) is 25.0 Å². The van der Waals surface area contributed by atoms with E-state index in [4.69, 9.17) is 0 Å². The maximum Gasteiger partial charge on any atom is 0.254 e. The predicted octanol–water partition coefficient (Wildman–Crippen LogP) is 3.31. The highest BCUT2D eigenvalue weighted by Crippen LogP contribution is 2.19. The lowest BCUT2D eigenvalue weighted by atomic mass is 9.97. The van der Waals surface area contributed by atoms with Crippen LogP contribution < -0.4 is 10.6 Å². The molecular weight excluding hydrogens is 276 g/mol. The summed E-state index contributed by atoms with van der Waals surface area (Å²) in [5.41, 5.74) is 1.98. The monoisotopic (exact) mass is 302 g/mol. The van der Waals surface area contributed by atoms with Crippen LogP contribution in [-0.4, -0.2) is 29.0 Å². The number of carbonyl (C=O) groups is 1. The Morgan fingerprint density at radius 1 is 1.23 bits per heavy atom. The molecule has 5 heteroatoms. The number of carbonyl (C=O) groups excluding carboxylic acids is 1. The fourth-order valence-electron chi connectivity index (χ4n) is 2.48. The Morgan fingerprint density at radius 3 is 2.73 bits per heavy atom. The highest BCUT2D eigenvalue weighted by Gasteiger charge is 2.08. The van der Waals surface area contributed by atoms with E-state index in [1.165, 1.54) is 31.3 Å². The van der Waals surface area contributed by atoms with Gasteiger partial charge in [0.2, 0.25) is 5.95 Å². The Hall–Kier alpha value is -1.91. The number of hydrogen-bond acceptors (Lipinski definition) is 4. The van der Waals surface area contributed by atoms with Gasteiger partial charge >= 0.3 is 0 Å². The van der Waals surface area contributed by atoms with Gasteiger partial charge in [-0.3, -0.25) is 4.79 Å². The van der Waals surface area contributed by atoms with Crippen LogP contribution in [0.3, 0.4) is 0 Å². The van der Waals surface area contributed by atoms with E-state index in [-0.39, 0.29) is 5.91 Å². The minimum Gasteiger partial charge on any atom is -0.354 e. The number of nitrogens with one attached hydrogen (secondary N) is 2. The summed E-state index contributed by atoms with van der Waals surface area (Å²) in [5, 5.41) is 6.07. The van der Waals surface area contributed by atoms with Gasteiger partial charge in [0, 0.05) is 25.5 Å². The molecule has 1 amide bonds.